The molecule has 0 aliphatic rings. The summed E-state index contributed by atoms with van der Waals surface area (Å²) in [5, 5.41) is 5.32. The number of amides is 2. The molecule has 2 aromatic carbocycles. The molecule has 0 fully saturated rings. The summed E-state index contributed by atoms with van der Waals surface area (Å²) in [7, 11) is 1.49. The predicted molar refractivity (Wildman–Crippen MR) is 92.8 cm³/mol. The zero-order valence-electron chi connectivity index (χ0n) is 12.9. The van der Waals surface area contributed by atoms with Crippen LogP contribution in [0.5, 0.6) is 5.75 Å². The van der Waals surface area contributed by atoms with Crippen LogP contribution in [-0.4, -0.2) is 25.5 Å². The van der Waals surface area contributed by atoms with Gasteiger partial charge in [0.15, 0.2) is 0 Å². The number of para-hydroxylation sites is 1. The maximum absolute atomic E-state index is 12.1. The van der Waals surface area contributed by atoms with Gasteiger partial charge in [0.2, 0.25) is 5.91 Å². The van der Waals surface area contributed by atoms with Gasteiger partial charge in [-0.2, -0.15) is 0 Å². The Hall–Kier alpha value is -2.34. The molecule has 6 heteroatoms. The Morgan fingerprint density at radius 1 is 1.17 bits per heavy atom. The molecule has 0 spiro atoms. The Balaban J connectivity index is 1.93. The molecule has 2 rings (SSSR count). The van der Waals surface area contributed by atoms with Crippen LogP contribution < -0.4 is 15.4 Å². The average molecular weight is 377 g/mol. The number of halogens is 1. The Kier molecular flexibility index (Phi) is 5.76. The summed E-state index contributed by atoms with van der Waals surface area (Å²) in [5.74, 6) is -0.187. The average Bonchev–Trinajstić information content (AvgIpc) is 2.56. The van der Waals surface area contributed by atoms with E-state index in [9.17, 15) is 9.59 Å². The fourth-order valence-electron chi connectivity index (χ4n) is 2.02. The fourth-order valence-corrected chi connectivity index (χ4v) is 2.26. The molecule has 0 saturated carbocycles. The van der Waals surface area contributed by atoms with Crippen LogP contribution >= 0.6 is 15.9 Å². The maximum atomic E-state index is 12.1. The number of ether oxygens (including phenoxy) is 1. The summed E-state index contributed by atoms with van der Waals surface area (Å²) in [6.07, 6.45) is 0. The molecule has 2 amide bonds. The normalized spacial score (nSPS) is 10.0. The number of methoxy groups -OCH3 is 1. The van der Waals surface area contributed by atoms with Crippen molar-refractivity contribution >= 4 is 33.4 Å². The lowest BCUT2D eigenvalue weighted by Crippen LogP contribution is -2.33. The topological polar surface area (TPSA) is 67.4 Å². The number of hydrogen-bond donors (Lipinski definition) is 2. The molecular weight excluding hydrogens is 360 g/mol. The summed E-state index contributed by atoms with van der Waals surface area (Å²) in [6, 6.07) is 12.4. The van der Waals surface area contributed by atoms with E-state index in [1.807, 2.05) is 19.1 Å². The fraction of sp³-hybridized carbons (Fsp3) is 0.176. The lowest BCUT2D eigenvalue weighted by Gasteiger charge is -2.10. The van der Waals surface area contributed by atoms with Crippen LogP contribution in [0.2, 0.25) is 0 Å². The van der Waals surface area contributed by atoms with Gasteiger partial charge in [-0.15, -0.1) is 0 Å². The molecule has 0 aromatic heterocycles. The molecule has 0 aliphatic carbocycles. The molecule has 120 valence electrons. The molecule has 2 aromatic rings. The minimum atomic E-state index is -0.357. The summed E-state index contributed by atoms with van der Waals surface area (Å²) in [5.41, 5.74) is 2.09. The molecule has 0 saturated heterocycles. The second kappa shape index (κ2) is 7.78. The van der Waals surface area contributed by atoms with Crippen molar-refractivity contribution in [3.63, 3.8) is 0 Å². The highest BCUT2D eigenvalue weighted by Gasteiger charge is 2.12. The van der Waals surface area contributed by atoms with Crippen molar-refractivity contribution in [2.45, 2.75) is 6.92 Å². The van der Waals surface area contributed by atoms with Crippen molar-refractivity contribution < 1.29 is 14.3 Å². The van der Waals surface area contributed by atoms with Gasteiger partial charge in [0.05, 0.1) is 19.2 Å². The van der Waals surface area contributed by atoms with E-state index in [0.717, 1.165) is 10.0 Å². The van der Waals surface area contributed by atoms with Gasteiger partial charge in [-0.25, -0.2) is 0 Å². The third-order valence-corrected chi connectivity index (χ3v) is 4.09. The van der Waals surface area contributed by atoms with Crippen molar-refractivity contribution in [2.24, 2.45) is 0 Å². The molecule has 0 aliphatic heterocycles. The minimum absolute atomic E-state index is 0.119. The number of carbonyl (C=O) groups is 2. The standard InChI is InChI=1S/C17H17BrN2O3/c1-11-9-12(7-8-14(11)18)20-16(21)10-19-17(22)13-5-3-4-6-15(13)23-2/h3-9H,10H2,1-2H3,(H,19,22)(H,20,21). The van der Waals surface area contributed by atoms with E-state index in [0.29, 0.717) is 17.0 Å². The maximum Gasteiger partial charge on any atom is 0.255 e. The molecule has 23 heavy (non-hydrogen) atoms. The van der Waals surface area contributed by atoms with Gasteiger partial charge >= 0.3 is 0 Å². The van der Waals surface area contributed by atoms with Gasteiger partial charge in [0.25, 0.3) is 5.91 Å². The Morgan fingerprint density at radius 3 is 2.61 bits per heavy atom. The Labute approximate surface area is 143 Å². The number of carbonyl (C=O) groups excluding carboxylic acids is 2. The van der Waals surface area contributed by atoms with Gasteiger partial charge in [-0.1, -0.05) is 28.1 Å². The molecule has 0 atom stereocenters. The van der Waals surface area contributed by atoms with Crippen LogP contribution in [-0.2, 0) is 4.79 Å². The largest absolute Gasteiger partial charge is 0.496 e. The molecule has 0 unspecified atom stereocenters. The van der Waals surface area contributed by atoms with Gasteiger partial charge in [0, 0.05) is 10.2 Å². The van der Waals surface area contributed by atoms with Gasteiger partial charge in [0.1, 0.15) is 5.75 Å². The van der Waals surface area contributed by atoms with Crippen molar-refractivity contribution in [1.29, 1.82) is 0 Å². The Bertz CT molecular complexity index is 732. The molecule has 0 radical (unpaired) electrons. The minimum Gasteiger partial charge on any atom is -0.496 e. The van der Waals surface area contributed by atoms with E-state index in [1.165, 1.54) is 7.11 Å². The molecule has 0 bridgehead atoms. The first-order chi connectivity index (χ1) is 11.0. The van der Waals surface area contributed by atoms with E-state index in [1.54, 1.807) is 30.3 Å². The number of benzene rings is 2. The summed E-state index contributed by atoms with van der Waals surface area (Å²) < 4.78 is 6.10. The summed E-state index contributed by atoms with van der Waals surface area (Å²) in [6.45, 7) is 1.81. The molecule has 2 N–H and O–H groups in total. The van der Waals surface area contributed by atoms with E-state index in [2.05, 4.69) is 26.6 Å². The highest BCUT2D eigenvalue weighted by molar-refractivity contribution is 9.10. The second-order valence-electron chi connectivity index (χ2n) is 4.90. The number of nitrogens with one attached hydrogen (secondary N) is 2. The third-order valence-electron chi connectivity index (χ3n) is 3.20. The van der Waals surface area contributed by atoms with E-state index in [-0.39, 0.29) is 18.4 Å². The van der Waals surface area contributed by atoms with Crippen LogP contribution in [0.3, 0.4) is 0 Å². The lowest BCUT2D eigenvalue weighted by atomic mass is 10.2. The van der Waals surface area contributed by atoms with Crippen molar-refractivity contribution in [3.05, 3.63) is 58.1 Å². The van der Waals surface area contributed by atoms with Crippen LogP contribution in [0.15, 0.2) is 46.9 Å². The zero-order valence-corrected chi connectivity index (χ0v) is 14.4. The van der Waals surface area contributed by atoms with Crippen molar-refractivity contribution in [3.8, 4) is 5.75 Å². The SMILES string of the molecule is COc1ccccc1C(=O)NCC(=O)Nc1ccc(Br)c(C)c1. The second-order valence-corrected chi connectivity index (χ2v) is 5.75. The lowest BCUT2D eigenvalue weighted by molar-refractivity contribution is -0.115. The first-order valence-electron chi connectivity index (χ1n) is 6.98. The smallest absolute Gasteiger partial charge is 0.255 e. The van der Waals surface area contributed by atoms with E-state index in [4.69, 9.17) is 4.74 Å². The van der Waals surface area contributed by atoms with E-state index < -0.39 is 0 Å². The van der Waals surface area contributed by atoms with Gasteiger partial charge in [-0.05, 0) is 42.8 Å². The number of aryl methyl sites for hydroxylation is 1. The van der Waals surface area contributed by atoms with E-state index >= 15 is 0 Å². The van der Waals surface area contributed by atoms with Gasteiger partial charge in [-0.3, -0.25) is 9.59 Å². The highest BCUT2D eigenvalue weighted by atomic mass is 79.9. The zero-order chi connectivity index (χ0) is 16.8. The molecule has 5 nitrogen and oxygen atoms in total. The quantitative estimate of drug-likeness (QED) is 0.842. The summed E-state index contributed by atoms with van der Waals surface area (Å²) in [4.78, 5) is 24.0. The van der Waals surface area contributed by atoms with Crippen LogP contribution in [0.25, 0.3) is 0 Å². The van der Waals surface area contributed by atoms with Crippen LogP contribution in [0.1, 0.15) is 15.9 Å². The third kappa shape index (κ3) is 4.56. The summed E-state index contributed by atoms with van der Waals surface area (Å²) >= 11 is 3.40. The highest BCUT2D eigenvalue weighted by Crippen LogP contribution is 2.20. The predicted octanol–water partition coefficient (Wildman–Crippen LogP) is 3.13. The number of anilines is 1. The Morgan fingerprint density at radius 2 is 1.91 bits per heavy atom. The molecular formula is C17H17BrN2O3. The number of rotatable bonds is 5. The monoisotopic (exact) mass is 376 g/mol. The number of hydrogen-bond acceptors (Lipinski definition) is 3. The van der Waals surface area contributed by atoms with Crippen molar-refractivity contribution in [1.82, 2.24) is 5.32 Å². The molecule has 0 heterocycles. The first kappa shape index (κ1) is 17.0. The van der Waals surface area contributed by atoms with Crippen LogP contribution in [0.4, 0.5) is 5.69 Å². The van der Waals surface area contributed by atoms with Crippen LogP contribution in [0, 0.1) is 6.92 Å². The van der Waals surface area contributed by atoms with Gasteiger partial charge < -0.3 is 15.4 Å². The first-order valence-corrected chi connectivity index (χ1v) is 7.78. The van der Waals surface area contributed by atoms with Crippen molar-refractivity contribution in [2.75, 3.05) is 19.0 Å².